The molecule has 0 bridgehead atoms. The second-order valence-corrected chi connectivity index (χ2v) is 6.84. The first-order valence-electron chi connectivity index (χ1n) is 8.79. The first kappa shape index (κ1) is 17.0. The van der Waals surface area contributed by atoms with Gasteiger partial charge in [-0.15, -0.1) is 0 Å². The fraction of sp³-hybridized carbons (Fsp3) is 0.500. The fourth-order valence-electron chi connectivity index (χ4n) is 3.28. The van der Waals surface area contributed by atoms with Crippen molar-refractivity contribution in [3.8, 4) is 11.3 Å². The molecule has 1 aliphatic heterocycles. The van der Waals surface area contributed by atoms with Crippen LogP contribution in [0.5, 0.6) is 0 Å². The molecule has 4 rings (SSSR count). The highest BCUT2D eigenvalue weighted by Gasteiger charge is 2.25. The summed E-state index contributed by atoms with van der Waals surface area (Å²) in [5, 5.41) is 12.3. The third-order valence-corrected chi connectivity index (χ3v) is 4.81. The maximum atomic E-state index is 6.06. The van der Waals surface area contributed by atoms with Gasteiger partial charge in [0.25, 0.3) is 0 Å². The molecule has 3 aromatic rings. The van der Waals surface area contributed by atoms with Gasteiger partial charge in [0, 0.05) is 43.5 Å². The zero-order valence-electron chi connectivity index (χ0n) is 15.3. The summed E-state index contributed by atoms with van der Waals surface area (Å²) in [4.78, 5) is 2.32. The number of nitrogens with zero attached hydrogens (tertiary/aromatic N) is 5. The molecule has 1 atom stereocenters. The maximum Gasteiger partial charge on any atom is 0.151 e. The molecular formula is C18H23N5O3. The zero-order valence-corrected chi connectivity index (χ0v) is 15.3. The Morgan fingerprint density at radius 3 is 2.88 bits per heavy atom. The topological polar surface area (TPSA) is 82.4 Å². The van der Waals surface area contributed by atoms with Gasteiger partial charge in [-0.25, -0.2) is 0 Å². The van der Waals surface area contributed by atoms with E-state index in [1.165, 1.54) is 0 Å². The Kier molecular flexibility index (Phi) is 4.60. The summed E-state index contributed by atoms with van der Waals surface area (Å²) in [5.41, 5.74) is 3.74. The lowest BCUT2D eigenvalue weighted by Crippen LogP contribution is -2.22. The average molecular weight is 357 g/mol. The molecule has 26 heavy (non-hydrogen) atoms. The van der Waals surface area contributed by atoms with Gasteiger partial charge in [0.2, 0.25) is 0 Å². The monoisotopic (exact) mass is 357 g/mol. The Labute approximate surface area is 151 Å². The molecule has 1 unspecified atom stereocenters. The second kappa shape index (κ2) is 7.05. The van der Waals surface area contributed by atoms with Gasteiger partial charge in [-0.05, 0) is 20.3 Å². The van der Waals surface area contributed by atoms with Crippen molar-refractivity contribution in [3.05, 3.63) is 41.2 Å². The molecule has 0 aliphatic carbocycles. The van der Waals surface area contributed by atoms with Crippen molar-refractivity contribution in [1.29, 1.82) is 0 Å². The molecule has 0 N–H and O–H groups in total. The molecular weight excluding hydrogens is 334 g/mol. The highest BCUT2D eigenvalue weighted by molar-refractivity contribution is 5.56. The summed E-state index contributed by atoms with van der Waals surface area (Å²) >= 11 is 0. The van der Waals surface area contributed by atoms with E-state index in [4.69, 9.17) is 13.8 Å². The third kappa shape index (κ3) is 3.56. The molecule has 138 valence electrons. The molecule has 0 saturated carbocycles. The SMILES string of the molecule is Cc1noc(C)c1COC1CCN(Cc2cc(-c3cnn(C)c3)no2)C1. The third-order valence-electron chi connectivity index (χ3n) is 4.81. The average Bonchev–Trinajstić information content (AvgIpc) is 3.38. The van der Waals surface area contributed by atoms with Gasteiger partial charge in [0.1, 0.15) is 11.5 Å². The van der Waals surface area contributed by atoms with Crippen LogP contribution in [0.1, 0.15) is 29.2 Å². The van der Waals surface area contributed by atoms with Crippen LogP contribution >= 0.6 is 0 Å². The quantitative estimate of drug-likeness (QED) is 0.670. The predicted molar refractivity (Wildman–Crippen MR) is 93.2 cm³/mol. The number of ether oxygens (including phenoxy) is 1. The van der Waals surface area contributed by atoms with Gasteiger partial charge in [-0.2, -0.15) is 5.10 Å². The molecule has 0 spiro atoms. The summed E-state index contributed by atoms with van der Waals surface area (Å²) in [6.07, 6.45) is 4.93. The molecule has 1 saturated heterocycles. The number of hydrogen-bond acceptors (Lipinski definition) is 7. The standard InChI is InChI=1S/C18H23N5O3/c1-12-17(13(2)25-20-12)11-24-15-4-5-23(9-15)10-16-6-18(21-26-16)14-7-19-22(3)8-14/h6-8,15H,4-5,9-11H2,1-3H3. The van der Waals surface area contributed by atoms with Crippen LogP contribution in [0.15, 0.2) is 27.5 Å². The van der Waals surface area contributed by atoms with Crippen molar-refractivity contribution < 1.29 is 13.8 Å². The van der Waals surface area contributed by atoms with Gasteiger partial charge < -0.3 is 13.8 Å². The maximum absolute atomic E-state index is 6.06. The van der Waals surface area contributed by atoms with E-state index in [1.54, 1.807) is 10.9 Å². The number of rotatable bonds is 6. The molecule has 1 aliphatic rings. The predicted octanol–water partition coefficient (Wildman–Crippen LogP) is 2.47. The van der Waals surface area contributed by atoms with E-state index in [-0.39, 0.29) is 6.10 Å². The lowest BCUT2D eigenvalue weighted by Gasteiger charge is -2.14. The van der Waals surface area contributed by atoms with E-state index in [0.717, 1.165) is 60.1 Å². The number of hydrogen-bond donors (Lipinski definition) is 0. The molecule has 4 heterocycles. The van der Waals surface area contributed by atoms with Crippen molar-refractivity contribution in [2.75, 3.05) is 13.1 Å². The Hall–Kier alpha value is -2.45. The molecule has 8 heteroatoms. The minimum atomic E-state index is 0.212. The second-order valence-electron chi connectivity index (χ2n) is 6.84. The summed E-state index contributed by atoms with van der Waals surface area (Å²) in [7, 11) is 1.89. The van der Waals surface area contributed by atoms with Gasteiger partial charge in [0.05, 0.1) is 31.1 Å². The van der Waals surface area contributed by atoms with Gasteiger partial charge in [-0.1, -0.05) is 10.3 Å². The summed E-state index contributed by atoms with van der Waals surface area (Å²) in [6.45, 7) is 7.01. The fourth-order valence-corrected chi connectivity index (χ4v) is 3.28. The van der Waals surface area contributed by atoms with Crippen molar-refractivity contribution in [2.24, 2.45) is 7.05 Å². The number of aromatic nitrogens is 4. The van der Waals surface area contributed by atoms with E-state index >= 15 is 0 Å². The Morgan fingerprint density at radius 2 is 2.15 bits per heavy atom. The molecule has 0 amide bonds. The summed E-state index contributed by atoms with van der Waals surface area (Å²) < 4.78 is 18.5. The number of likely N-dealkylation sites (tertiary alicyclic amines) is 1. The Bertz CT molecular complexity index is 862. The van der Waals surface area contributed by atoms with Crippen LogP contribution in [0.2, 0.25) is 0 Å². The molecule has 3 aromatic heterocycles. The van der Waals surface area contributed by atoms with Crippen LogP contribution < -0.4 is 0 Å². The Morgan fingerprint density at radius 1 is 1.27 bits per heavy atom. The molecule has 0 radical (unpaired) electrons. The van der Waals surface area contributed by atoms with E-state index in [0.29, 0.717) is 6.61 Å². The smallest absolute Gasteiger partial charge is 0.151 e. The first-order chi connectivity index (χ1) is 12.6. The van der Waals surface area contributed by atoms with E-state index in [1.807, 2.05) is 33.2 Å². The number of aryl methyl sites for hydroxylation is 3. The van der Waals surface area contributed by atoms with Crippen molar-refractivity contribution in [1.82, 2.24) is 25.0 Å². The van der Waals surface area contributed by atoms with E-state index in [9.17, 15) is 0 Å². The highest BCUT2D eigenvalue weighted by Crippen LogP contribution is 2.22. The normalized spacial score (nSPS) is 18.0. The van der Waals surface area contributed by atoms with Gasteiger partial charge >= 0.3 is 0 Å². The van der Waals surface area contributed by atoms with Crippen molar-refractivity contribution >= 4 is 0 Å². The van der Waals surface area contributed by atoms with E-state index < -0.39 is 0 Å². The minimum absolute atomic E-state index is 0.212. The largest absolute Gasteiger partial charge is 0.372 e. The zero-order chi connectivity index (χ0) is 18.1. The van der Waals surface area contributed by atoms with Crippen LogP contribution in [0.3, 0.4) is 0 Å². The van der Waals surface area contributed by atoms with Crippen molar-refractivity contribution in [3.63, 3.8) is 0 Å². The van der Waals surface area contributed by atoms with Crippen LogP contribution in [0.4, 0.5) is 0 Å². The van der Waals surface area contributed by atoms with E-state index in [2.05, 4.69) is 20.3 Å². The Balaban J connectivity index is 1.30. The minimum Gasteiger partial charge on any atom is -0.372 e. The van der Waals surface area contributed by atoms with Crippen LogP contribution in [-0.2, 0) is 24.9 Å². The summed E-state index contributed by atoms with van der Waals surface area (Å²) in [5.74, 6) is 1.69. The van der Waals surface area contributed by atoms with Crippen LogP contribution in [-0.4, -0.2) is 44.2 Å². The van der Waals surface area contributed by atoms with Crippen LogP contribution in [0, 0.1) is 13.8 Å². The van der Waals surface area contributed by atoms with Crippen LogP contribution in [0.25, 0.3) is 11.3 Å². The first-order valence-corrected chi connectivity index (χ1v) is 8.79. The van der Waals surface area contributed by atoms with Crippen molar-refractivity contribution in [2.45, 2.75) is 39.5 Å². The van der Waals surface area contributed by atoms with Gasteiger partial charge in [0.15, 0.2) is 5.76 Å². The molecule has 1 fully saturated rings. The molecule has 0 aromatic carbocycles. The van der Waals surface area contributed by atoms with Gasteiger partial charge in [-0.3, -0.25) is 9.58 Å². The molecule has 8 nitrogen and oxygen atoms in total. The summed E-state index contributed by atoms with van der Waals surface area (Å²) in [6, 6.07) is 1.98. The highest BCUT2D eigenvalue weighted by atomic mass is 16.5. The lowest BCUT2D eigenvalue weighted by atomic mass is 10.2. The lowest BCUT2D eigenvalue weighted by molar-refractivity contribution is 0.0447.